The van der Waals surface area contributed by atoms with E-state index < -0.39 is 17.6 Å². The maximum absolute atomic E-state index is 11.1. The molecule has 0 heterocycles. The summed E-state index contributed by atoms with van der Waals surface area (Å²) in [5.41, 5.74) is 5.35. The maximum Gasteiger partial charge on any atom is 0.237 e. The summed E-state index contributed by atoms with van der Waals surface area (Å²) in [6.07, 6.45) is -0.707. The van der Waals surface area contributed by atoms with Crippen molar-refractivity contribution in [2.24, 2.45) is 5.73 Å². The first-order valence-electron chi connectivity index (χ1n) is 6.36. The Hall–Kier alpha value is -1.14. The number of benzene rings is 1. The van der Waals surface area contributed by atoms with Gasteiger partial charge in [0.05, 0.1) is 24.9 Å². The summed E-state index contributed by atoms with van der Waals surface area (Å²) in [4.78, 5) is 11.1. The van der Waals surface area contributed by atoms with Crippen LogP contribution in [0.3, 0.4) is 0 Å². The topological polar surface area (TPSA) is 84.6 Å². The van der Waals surface area contributed by atoms with E-state index in [0.717, 1.165) is 5.56 Å². The van der Waals surface area contributed by atoms with Gasteiger partial charge in [0.1, 0.15) is 0 Å². The average Bonchev–Trinajstić information content (AvgIpc) is 2.39. The summed E-state index contributed by atoms with van der Waals surface area (Å²) in [6.45, 7) is 4.13. The predicted octanol–water partition coefficient (Wildman–Crippen LogP) is 1.07. The minimum Gasteiger partial charge on any atom is -0.389 e. The smallest absolute Gasteiger partial charge is 0.237 e. The van der Waals surface area contributed by atoms with Crippen LogP contribution in [0.15, 0.2) is 24.3 Å². The van der Waals surface area contributed by atoms with E-state index in [0.29, 0.717) is 11.6 Å². The van der Waals surface area contributed by atoms with E-state index in [-0.39, 0.29) is 13.2 Å². The Morgan fingerprint density at radius 2 is 2.05 bits per heavy atom. The van der Waals surface area contributed by atoms with Crippen LogP contribution in [0.5, 0.6) is 0 Å². The van der Waals surface area contributed by atoms with Crippen molar-refractivity contribution in [3.8, 4) is 0 Å². The number of primary amides is 1. The third-order valence-corrected chi connectivity index (χ3v) is 3.14. The lowest BCUT2D eigenvalue weighted by Gasteiger charge is -2.24. The molecule has 1 aromatic carbocycles. The van der Waals surface area contributed by atoms with Gasteiger partial charge in [0.15, 0.2) is 0 Å². The monoisotopic (exact) mass is 300 g/mol. The number of carbonyl (C=O) groups is 1. The molecule has 0 aromatic heterocycles. The standard InChI is InChI=1S/C14H21ClN2O3/c1-14(2,13(16)19)17-7-12(18)9-20-8-10-3-5-11(15)6-4-10/h3-6,12,17-18H,7-9H2,1-2H3,(H2,16,19). The number of rotatable bonds is 8. The molecule has 0 aliphatic rings. The van der Waals surface area contributed by atoms with Crippen molar-refractivity contribution in [1.29, 1.82) is 0 Å². The quantitative estimate of drug-likeness (QED) is 0.670. The molecule has 1 rings (SSSR count). The summed E-state index contributed by atoms with van der Waals surface area (Å²) in [5, 5.41) is 13.3. The Bertz CT molecular complexity index is 435. The Morgan fingerprint density at radius 3 is 2.60 bits per heavy atom. The first-order chi connectivity index (χ1) is 9.31. The van der Waals surface area contributed by atoms with Crippen LogP contribution in [-0.4, -0.2) is 35.8 Å². The average molecular weight is 301 g/mol. The molecule has 0 aliphatic carbocycles. The highest BCUT2D eigenvalue weighted by molar-refractivity contribution is 6.30. The fourth-order valence-electron chi connectivity index (χ4n) is 1.41. The fourth-order valence-corrected chi connectivity index (χ4v) is 1.54. The number of nitrogens with two attached hydrogens (primary N) is 1. The van der Waals surface area contributed by atoms with Gasteiger partial charge in [-0.15, -0.1) is 0 Å². The Labute approximate surface area is 124 Å². The van der Waals surface area contributed by atoms with Gasteiger partial charge in [0.2, 0.25) is 5.91 Å². The fraction of sp³-hybridized carbons (Fsp3) is 0.500. The molecule has 20 heavy (non-hydrogen) atoms. The third-order valence-electron chi connectivity index (χ3n) is 2.89. The number of amides is 1. The molecule has 112 valence electrons. The molecule has 0 saturated heterocycles. The van der Waals surface area contributed by atoms with Crippen LogP contribution in [0.25, 0.3) is 0 Å². The second kappa shape index (κ2) is 7.59. The van der Waals surface area contributed by atoms with Crippen molar-refractivity contribution in [3.05, 3.63) is 34.9 Å². The molecule has 0 fully saturated rings. The van der Waals surface area contributed by atoms with E-state index in [1.165, 1.54) is 0 Å². The molecular formula is C14H21ClN2O3. The van der Waals surface area contributed by atoms with Gasteiger partial charge in [-0.05, 0) is 31.5 Å². The number of halogens is 1. The number of β-amino-alcohol motifs (C(OH)–C–C–N with tert-alkyl or cyclic N) is 1. The summed E-state index contributed by atoms with van der Waals surface area (Å²) in [5.74, 6) is -0.466. The highest BCUT2D eigenvalue weighted by Gasteiger charge is 2.24. The van der Waals surface area contributed by atoms with E-state index in [1.54, 1.807) is 26.0 Å². The molecule has 4 N–H and O–H groups in total. The molecule has 0 radical (unpaired) electrons. The van der Waals surface area contributed by atoms with Gasteiger partial charge in [0, 0.05) is 11.6 Å². The Kier molecular flexibility index (Phi) is 6.42. The van der Waals surface area contributed by atoms with Crippen LogP contribution in [0.4, 0.5) is 0 Å². The number of nitrogens with one attached hydrogen (secondary N) is 1. The summed E-state index contributed by atoms with van der Waals surface area (Å²) in [7, 11) is 0. The molecule has 1 aromatic rings. The molecule has 1 atom stereocenters. The first-order valence-corrected chi connectivity index (χ1v) is 6.74. The third kappa shape index (κ3) is 5.88. The minimum atomic E-state index is -0.850. The SMILES string of the molecule is CC(C)(NCC(O)COCc1ccc(Cl)cc1)C(N)=O. The zero-order valence-corrected chi connectivity index (χ0v) is 12.5. The van der Waals surface area contributed by atoms with Gasteiger partial charge in [-0.25, -0.2) is 0 Å². The molecule has 1 amide bonds. The van der Waals surface area contributed by atoms with Gasteiger partial charge in [-0.1, -0.05) is 23.7 Å². The number of carbonyl (C=O) groups excluding carboxylic acids is 1. The molecule has 1 unspecified atom stereocenters. The number of hydrogen-bond donors (Lipinski definition) is 3. The zero-order valence-electron chi connectivity index (χ0n) is 11.7. The van der Waals surface area contributed by atoms with Gasteiger partial charge >= 0.3 is 0 Å². The largest absolute Gasteiger partial charge is 0.389 e. The van der Waals surface area contributed by atoms with Crippen LogP contribution >= 0.6 is 11.6 Å². The maximum atomic E-state index is 11.1. The van der Waals surface area contributed by atoms with E-state index in [4.69, 9.17) is 22.1 Å². The van der Waals surface area contributed by atoms with Crippen LogP contribution in [0.1, 0.15) is 19.4 Å². The molecule has 5 nitrogen and oxygen atoms in total. The molecule has 0 aliphatic heterocycles. The van der Waals surface area contributed by atoms with E-state index in [9.17, 15) is 9.90 Å². The minimum absolute atomic E-state index is 0.171. The Balaban J connectivity index is 2.25. The first kappa shape index (κ1) is 16.9. The second-order valence-corrected chi connectivity index (χ2v) is 5.60. The van der Waals surface area contributed by atoms with Crippen LogP contribution < -0.4 is 11.1 Å². The summed E-state index contributed by atoms with van der Waals surface area (Å²) >= 11 is 5.78. The van der Waals surface area contributed by atoms with Gasteiger partial charge < -0.3 is 20.9 Å². The van der Waals surface area contributed by atoms with E-state index >= 15 is 0 Å². The second-order valence-electron chi connectivity index (χ2n) is 5.17. The molecule has 6 heteroatoms. The van der Waals surface area contributed by atoms with Crippen molar-refractivity contribution in [2.75, 3.05) is 13.2 Å². The van der Waals surface area contributed by atoms with Gasteiger partial charge in [-0.2, -0.15) is 0 Å². The van der Waals surface area contributed by atoms with Crippen LogP contribution in [0, 0.1) is 0 Å². The van der Waals surface area contributed by atoms with Gasteiger partial charge in [0.25, 0.3) is 0 Å². The molecule has 0 saturated carbocycles. The van der Waals surface area contributed by atoms with E-state index in [2.05, 4.69) is 5.32 Å². The Morgan fingerprint density at radius 1 is 1.45 bits per heavy atom. The lowest BCUT2D eigenvalue weighted by Crippen LogP contribution is -2.53. The predicted molar refractivity (Wildman–Crippen MR) is 78.4 cm³/mol. The molecule has 0 bridgehead atoms. The van der Waals surface area contributed by atoms with Crippen molar-refractivity contribution in [3.63, 3.8) is 0 Å². The van der Waals surface area contributed by atoms with Crippen LogP contribution in [0.2, 0.25) is 5.02 Å². The summed E-state index contributed by atoms with van der Waals surface area (Å²) in [6, 6.07) is 7.30. The summed E-state index contributed by atoms with van der Waals surface area (Å²) < 4.78 is 5.40. The normalized spacial score (nSPS) is 13.2. The molecule has 0 spiro atoms. The van der Waals surface area contributed by atoms with Crippen molar-refractivity contribution < 1.29 is 14.6 Å². The lowest BCUT2D eigenvalue weighted by molar-refractivity contribution is -0.123. The number of aliphatic hydroxyl groups is 1. The van der Waals surface area contributed by atoms with Crippen molar-refractivity contribution in [1.82, 2.24) is 5.32 Å². The van der Waals surface area contributed by atoms with Crippen LogP contribution in [-0.2, 0) is 16.1 Å². The molecular weight excluding hydrogens is 280 g/mol. The number of ether oxygens (including phenoxy) is 1. The van der Waals surface area contributed by atoms with E-state index in [1.807, 2.05) is 12.1 Å². The highest BCUT2D eigenvalue weighted by Crippen LogP contribution is 2.10. The zero-order chi connectivity index (χ0) is 15.2. The van der Waals surface area contributed by atoms with Crippen molar-refractivity contribution in [2.45, 2.75) is 32.1 Å². The lowest BCUT2D eigenvalue weighted by atomic mass is 10.1. The van der Waals surface area contributed by atoms with Crippen molar-refractivity contribution >= 4 is 17.5 Å². The number of aliphatic hydroxyl groups excluding tert-OH is 1. The number of hydrogen-bond acceptors (Lipinski definition) is 4. The highest BCUT2D eigenvalue weighted by atomic mass is 35.5. The van der Waals surface area contributed by atoms with Gasteiger partial charge in [-0.3, -0.25) is 4.79 Å².